The van der Waals surface area contributed by atoms with Crippen molar-refractivity contribution < 1.29 is 0 Å². The van der Waals surface area contributed by atoms with E-state index in [1.807, 2.05) is 31.2 Å². The maximum atomic E-state index is 5.70. The molecule has 1 aliphatic rings. The molecule has 18 heavy (non-hydrogen) atoms. The van der Waals surface area contributed by atoms with Crippen LogP contribution in [0.25, 0.3) is 11.4 Å². The van der Waals surface area contributed by atoms with Gasteiger partial charge in [-0.25, -0.2) is 9.97 Å². The lowest BCUT2D eigenvalue weighted by Gasteiger charge is -2.25. The fourth-order valence-electron chi connectivity index (χ4n) is 2.27. The van der Waals surface area contributed by atoms with E-state index < -0.39 is 0 Å². The molecule has 1 aromatic carbocycles. The Balaban J connectivity index is 2.00. The van der Waals surface area contributed by atoms with Gasteiger partial charge in [0.2, 0.25) is 0 Å². The third-order valence-electron chi connectivity index (χ3n) is 3.57. The van der Waals surface area contributed by atoms with Crippen molar-refractivity contribution in [2.45, 2.75) is 32.1 Å². The fourth-order valence-corrected chi connectivity index (χ4v) is 2.27. The number of aromatic nitrogens is 2. The van der Waals surface area contributed by atoms with Gasteiger partial charge in [0.25, 0.3) is 0 Å². The molecule has 1 aliphatic carbocycles. The molecular weight excluding hydrogens is 222 g/mol. The van der Waals surface area contributed by atoms with Gasteiger partial charge in [0.1, 0.15) is 0 Å². The smallest absolute Gasteiger partial charge is 0.159 e. The topological polar surface area (TPSA) is 51.8 Å². The van der Waals surface area contributed by atoms with Gasteiger partial charge in [-0.2, -0.15) is 0 Å². The first-order valence-corrected chi connectivity index (χ1v) is 6.44. The molecule has 2 N–H and O–H groups in total. The van der Waals surface area contributed by atoms with Crippen LogP contribution in [0.4, 0.5) is 5.69 Å². The normalized spacial score (nSPS) is 15.4. The van der Waals surface area contributed by atoms with E-state index in [1.165, 1.54) is 25.0 Å². The number of nitrogens with two attached hydrogens (primary N) is 1. The number of nitrogen functional groups attached to an aromatic ring is 1. The zero-order valence-electron chi connectivity index (χ0n) is 10.6. The van der Waals surface area contributed by atoms with Crippen LogP contribution in [0.3, 0.4) is 0 Å². The van der Waals surface area contributed by atoms with Crippen LogP contribution in [0.2, 0.25) is 0 Å². The average Bonchev–Trinajstić information content (AvgIpc) is 2.26. The second-order valence-corrected chi connectivity index (χ2v) is 5.01. The Kier molecular flexibility index (Phi) is 2.74. The summed E-state index contributed by atoms with van der Waals surface area (Å²) in [7, 11) is 0. The molecule has 0 radical (unpaired) electrons. The number of hydrogen-bond acceptors (Lipinski definition) is 3. The van der Waals surface area contributed by atoms with Crippen molar-refractivity contribution in [3.05, 3.63) is 41.7 Å². The van der Waals surface area contributed by atoms with Crippen LogP contribution >= 0.6 is 0 Å². The summed E-state index contributed by atoms with van der Waals surface area (Å²) in [6.07, 6.45) is 3.85. The highest BCUT2D eigenvalue weighted by Crippen LogP contribution is 2.36. The van der Waals surface area contributed by atoms with E-state index >= 15 is 0 Å². The van der Waals surface area contributed by atoms with Crippen molar-refractivity contribution in [3.63, 3.8) is 0 Å². The van der Waals surface area contributed by atoms with Crippen molar-refractivity contribution in [3.8, 4) is 11.4 Å². The lowest BCUT2D eigenvalue weighted by Crippen LogP contribution is -2.12. The second kappa shape index (κ2) is 4.41. The monoisotopic (exact) mass is 239 g/mol. The summed E-state index contributed by atoms with van der Waals surface area (Å²) in [5.74, 6) is 1.45. The van der Waals surface area contributed by atoms with Gasteiger partial charge in [-0.1, -0.05) is 6.42 Å². The van der Waals surface area contributed by atoms with Crippen molar-refractivity contribution in [2.75, 3.05) is 5.73 Å². The molecule has 1 aromatic heterocycles. The Morgan fingerprint density at radius 1 is 1.11 bits per heavy atom. The lowest BCUT2D eigenvalue weighted by atomic mass is 9.82. The first-order valence-electron chi connectivity index (χ1n) is 6.44. The van der Waals surface area contributed by atoms with Crippen LogP contribution in [0.1, 0.15) is 36.6 Å². The first kappa shape index (κ1) is 11.2. The molecule has 1 heterocycles. The molecule has 3 nitrogen and oxygen atoms in total. The Hall–Kier alpha value is -1.90. The number of rotatable bonds is 2. The van der Waals surface area contributed by atoms with Crippen LogP contribution in [0, 0.1) is 6.92 Å². The van der Waals surface area contributed by atoms with E-state index in [0.717, 1.165) is 22.8 Å². The molecule has 0 saturated heterocycles. The zero-order chi connectivity index (χ0) is 12.5. The molecule has 0 bridgehead atoms. The summed E-state index contributed by atoms with van der Waals surface area (Å²) in [4.78, 5) is 9.23. The van der Waals surface area contributed by atoms with Crippen molar-refractivity contribution in [1.29, 1.82) is 0 Å². The maximum Gasteiger partial charge on any atom is 0.159 e. The number of benzene rings is 1. The number of nitrogens with zero attached hydrogens (tertiary/aromatic N) is 2. The highest BCUT2D eigenvalue weighted by molar-refractivity contribution is 5.58. The highest BCUT2D eigenvalue weighted by atomic mass is 14.9. The maximum absolute atomic E-state index is 5.70. The number of hydrogen-bond donors (Lipinski definition) is 1. The van der Waals surface area contributed by atoms with Gasteiger partial charge in [-0.3, -0.25) is 0 Å². The fraction of sp³-hybridized carbons (Fsp3) is 0.333. The van der Waals surface area contributed by atoms with Gasteiger partial charge in [0, 0.05) is 28.6 Å². The molecule has 0 aliphatic heterocycles. The SMILES string of the molecule is Cc1cc(C2CCC2)nc(-c2ccc(N)cc2)n1. The Morgan fingerprint density at radius 2 is 1.83 bits per heavy atom. The van der Waals surface area contributed by atoms with Crippen LogP contribution in [0.15, 0.2) is 30.3 Å². The Morgan fingerprint density at radius 3 is 2.44 bits per heavy atom. The third kappa shape index (κ3) is 2.08. The van der Waals surface area contributed by atoms with Crippen LogP contribution in [-0.4, -0.2) is 9.97 Å². The summed E-state index contributed by atoms with van der Waals surface area (Å²) in [5.41, 5.74) is 9.74. The molecule has 3 heteroatoms. The standard InChI is InChI=1S/C15H17N3/c1-10-9-14(11-3-2-4-11)18-15(17-10)12-5-7-13(16)8-6-12/h5-9,11H,2-4,16H2,1H3. The molecule has 2 aromatic rings. The summed E-state index contributed by atoms with van der Waals surface area (Å²) in [6, 6.07) is 9.86. The summed E-state index contributed by atoms with van der Waals surface area (Å²) < 4.78 is 0. The average molecular weight is 239 g/mol. The van der Waals surface area contributed by atoms with Gasteiger partial charge in [0.15, 0.2) is 5.82 Å². The predicted molar refractivity (Wildman–Crippen MR) is 73.2 cm³/mol. The lowest BCUT2D eigenvalue weighted by molar-refractivity contribution is 0.410. The van der Waals surface area contributed by atoms with E-state index in [9.17, 15) is 0 Å². The molecule has 1 fully saturated rings. The minimum absolute atomic E-state index is 0.638. The molecule has 92 valence electrons. The predicted octanol–water partition coefficient (Wildman–Crippen LogP) is 3.30. The minimum atomic E-state index is 0.638. The quantitative estimate of drug-likeness (QED) is 0.818. The minimum Gasteiger partial charge on any atom is -0.399 e. The Bertz CT molecular complexity index is 556. The molecule has 1 saturated carbocycles. The largest absolute Gasteiger partial charge is 0.399 e. The van der Waals surface area contributed by atoms with Gasteiger partial charge in [0.05, 0.1) is 0 Å². The summed E-state index contributed by atoms with van der Waals surface area (Å²) >= 11 is 0. The molecule has 3 rings (SSSR count). The van der Waals surface area contributed by atoms with E-state index in [-0.39, 0.29) is 0 Å². The summed E-state index contributed by atoms with van der Waals surface area (Å²) in [6.45, 7) is 2.03. The number of aryl methyl sites for hydroxylation is 1. The van der Waals surface area contributed by atoms with E-state index in [2.05, 4.69) is 11.1 Å². The second-order valence-electron chi connectivity index (χ2n) is 5.01. The van der Waals surface area contributed by atoms with Gasteiger partial charge < -0.3 is 5.73 Å². The molecular formula is C15H17N3. The molecule has 0 atom stereocenters. The molecule has 0 spiro atoms. The van der Waals surface area contributed by atoms with Crippen LogP contribution in [0.5, 0.6) is 0 Å². The van der Waals surface area contributed by atoms with E-state index in [4.69, 9.17) is 10.7 Å². The van der Waals surface area contributed by atoms with Crippen LogP contribution in [-0.2, 0) is 0 Å². The van der Waals surface area contributed by atoms with Gasteiger partial charge >= 0.3 is 0 Å². The molecule has 0 amide bonds. The van der Waals surface area contributed by atoms with Crippen molar-refractivity contribution in [1.82, 2.24) is 9.97 Å². The molecule has 0 unspecified atom stereocenters. The third-order valence-corrected chi connectivity index (χ3v) is 3.57. The van der Waals surface area contributed by atoms with Gasteiger partial charge in [-0.05, 0) is 50.1 Å². The van der Waals surface area contributed by atoms with E-state index in [0.29, 0.717) is 5.92 Å². The highest BCUT2D eigenvalue weighted by Gasteiger charge is 2.21. The number of anilines is 1. The van der Waals surface area contributed by atoms with Crippen LogP contribution < -0.4 is 5.73 Å². The van der Waals surface area contributed by atoms with Gasteiger partial charge in [-0.15, -0.1) is 0 Å². The van der Waals surface area contributed by atoms with Crippen molar-refractivity contribution in [2.24, 2.45) is 0 Å². The first-order chi connectivity index (χ1) is 8.72. The Labute approximate surface area is 107 Å². The summed E-state index contributed by atoms with van der Waals surface area (Å²) in [5, 5.41) is 0. The van der Waals surface area contributed by atoms with E-state index in [1.54, 1.807) is 0 Å². The van der Waals surface area contributed by atoms with Crippen molar-refractivity contribution >= 4 is 5.69 Å². The zero-order valence-corrected chi connectivity index (χ0v) is 10.6.